The van der Waals surface area contributed by atoms with Crippen molar-refractivity contribution in [2.24, 2.45) is 11.3 Å². The molecule has 1 spiro atoms. The second-order valence-electron chi connectivity index (χ2n) is 10.2. The number of Topliss-reactive ketones (excluding diaryl/α,β-unsaturated/α-hetero) is 1. The molecule has 2 fully saturated rings. The van der Waals surface area contributed by atoms with Gasteiger partial charge >= 0.3 is 5.97 Å². The van der Waals surface area contributed by atoms with Crippen LogP contribution in [-0.4, -0.2) is 78.1 Å². The van der Waals surface area contributed by atoms with E-state index in [1.165, 1.54) is 0 Å². The number of hydrogen-bond acceptors (Lipinski definition) is 7. The number of esters is 1. The Morgan fingerprint density at radius 1 is 1.12 bits per heavy atom. The highest BCUT2D eigenvalue weighted by molar-refractivity contribution is 5.93. The van der Waals surface area contributed by atoms with Crippen LogP contribution in [0.5, 0.6) is 0 Å². The number of nitrogens with zero attached hydrogens (tertiary/aromatic N) is 2. The average molecular weight is 457 g/mol. The van der Waals surface area contributed by atoms with E-state index >= 15 is 0 Å². The molecule has 5 aliphatic rings. The number of ketones is 1. The Bertz CT molecular complexity index is 985. The summed E-state index contributed by atoms with van der Waals surface area (Å²) in [6, 6.07) is 0. The van der Waals surface area contributed by atoms with Crippen LogP contribution < -0.4 is 0 Å². The van der Waals surface area contributed by atoms with Crippen LogP contribution in [0.25, 0.3) is 0 Å². The van der Waals surface area contributed by atoms with Crippen molar-refractivity contribution < 1.29 is 29.0 Å². The number of aliphatic hydroxyl groups excluding tert-OH is 1. The summed E-state index contributed by atoms with van der Waals surface area (Å²) in [7, 11) is 0. The predicted molar refractivity (Wildman–Crippen MR) is 119 cm³/mol. The Morgan fingerprint density at radius 2 is 1.85 bits per heavy atom. The number of amides is 1. The molecule has 4 aliphatic heterocycles. The van der Waals surface area contributed by atoms with Crippen molar-refractivity contribution in [3.63, 3.8) is 0 Å². The van der Waals surface area contributed by atoms with E-state index in [0.717, 1.165) is 49.1 Å². The highest BCUT2D eigenvalue weighted by Crippen LogP contribution is 2.43. The van der Waals surface area contributed by atoms with Crippen LogP contribution >= 0.6 is 0 Å². The van der Waals surface area contributed by atoms with Gasteiger partial charge in [-0.1, -0.05) is 5.57 Å². The smallest absolute Gasteiger partial charge is 0.336 e. The molecule has 1 unspecified atom stereocenters. The zero-order valence-electron chi connectivity index (χ0n) is 19.4. The first kappa shape index (κ1) is 22.3. The van der Waals surface area contributed by atoms with Crippen molar-refractivity contribution in [3.05, 3.63) is 34.3 Å². The van der Waals surface area contributed by atoms with Crippen molar-refractivity contribution in [3.8, 4) is 0 Å². The lowest BCUT2D eigenvalue weighted by Crippen LogP contribution is -2.51. The Labute approximate surface area is 193 Å². The summed E-state index contributed by atoms with van der Waals surface area (Å²) in [5.74, 6) is -0.668. The molecule has 8 heteroatoms. The van der Waals surface area contributed by atoms with Gasteiger partial charge in [-0.05, 0) is 57.2 Å². The van der Waals surface area contributed by atoms with Gasteiger partial charge in [0.25, 0.3) is 0 Å². The van der Waals surface area contributed by atoms with Crippen molar-refractivity contribution in [2.75, 3.05) is 39.4 Å². The normalized spacial score (nSPS) is 28.8. The van der Waals surface area contributed by atoms with Gasteiger partial charge in [-0.2, -0.15) is 0 Å². The standard InChI is InChI=1S/C25H32N2O6/c1-15-18-13-32-12-17(18)9-20(28)23(15)21(29)11-26-6-3-25(4-7-26)5-8-27(22(30)10-25)19-14-33-24(31)16(19)2/h12,21,23,29H,3-11,13-14H2,1-2H3/t21-,23?/m0/s1. The number of rotatable bonds is 4. The van der Waals surface area contributed by atoms with Gasteiger partial charge in [-0.3, -0.25) is 9.59 Å². The van der Waals surface area contributed by atoms with E-state index < -0.39 is 12.0 Å². The second-order valence-corrected chi connectivity index (χ2v) is 10.2. The molecule has 0 aromatic carbocycles. The first-order valence-corrected chi connectivity index (χ1v) is 11.9. The van der Waals surface area contributed by atoms with Crippen LogP contribution in [0.1, 0.15) is 46.0 Å². The van der Waals surface area contributed by atoms with Crippen LogP contribution in [0.4, 0.5) is 0 Å². The number of piperidine rings is 2. The lowest BCUT2D eigenvalue weighted by molar-refractivity contribution is -0.139. The number of fused-ring (bicyclic) bond motifs is 1. The first-order valence-electron chi connectivity index (χ1n) is 11.9. The number of aliphatic hydroxyl groups is 1. The van der Waals surface area contributed by atoms with E-state index in [4.69, 9.17) is 9.47 Å². The Morgan fingerprint density at radius 3 is 2.52 bits per heavy atom. The van der Waals surface area contributed by atoms with Crippen LogP contribution in [-0.2, 0) is 23.9 Å². The number of β-amino-alcohol motifs (C(OH)–C–C–N with tert-alkyl or cyclic N) is 1. The van der Waals surface area contributed by atoms with Crippen molar-refractivity contribution in [1.82, 2.24) is 9.80 Å². The van der Waals surface area contributed by atoms with E-state index in [1.54, 1.807) is 18.1 Å². The molecule has 0 aromatic heterocycles. The van der Waals surface area contributed by atoms with E-state index in [9.17, 15) is 19.5 Å². The van der Waals surface area contributed by atoms with E-state index in [-0.39, 0.29) is 29.7 Å². The summed E-state index contributed by atoms with van der Waals surface area (Å²) >= 11 is 0. The van der Waals surface area contributed by atoms with Gasteiger partial charge in [-0.15, -0.1) is 0 Å². The molecule has 0 saturated carbocycles. The maximum Gasteiger partial charge on any atom is 0.336 e. The van der Waals surface area contributed by atoms with Gasteiger partial charge in [0.05, 0.1) is 29.6 Å². The SMILES string of the molecule is CC1=C(N2CCC3(CCN(C[C@H](O)C4C(=O)CC5=COCC5=C4C)CC3)CC2=O)COC1=O. The molecule has 2 saturated heterocycles. The topological polar surface area (TPSA) is 96.4 Å². The predicted octanol–water partition coefficient (Wildman–Crippen LogP) is 1.70. The Hall–Kier alpha value is -2.45. The van der Waals surface area contributed by atoms with Gasteiger partial charge < -0.3 is 24.4 Å². The molecule has 1 aliphatic carbocycles. The van der Waals surface area contributed by atoms with Gasteiger partial charge in [0, 0.05) is 31.5 Å². The van der Waals surface area contributed by atoms with Gasteiger partial charge in [0.1, 0.15) is 19.0 Å². The summed E-state index contributed by atoms with van der Waals surface area (Å²) in [6.07, 6.45) is 4.45. The minimum Gasteiger partial charge on any atom is -0.496 e. The second kappa shape index (κ2) is 8.40. The third-order valence-corrected chi connectivity index (χ3v) is 8.34. The average Bonchev–Trinajstić information content (AvgIpc) is 3.37. The number of hydrogen-bond donors (Lipinski definition) is 1. The monoisotopic (exact) mass is 456 g/mol. The van der Waals surface area contributed by atoms with Crippen LogP contribution in [0.2, 0.25) is 0 Å². The number of carbonyl (C=O) groups is 3. The van der Waals surface area contributed by atoms with E-state index in [0.29, 0.717) is 43.8 Å². The highest BCUT2D eigenvalue weighted by atomic mass is 16.5. The molecule has 1 N–H and O–H groups in total. The minimum absolute atomic E-state index is 0.0214. The molecule has 2 atom stereocenters. The van der Waals surface area contributed by atoms with Gasteiger partial charge in [0.15, 0.2) is 0 Å². The fraction of sp³-hybridized carbons (Fsp3) is 0.640. The van der Waals surface area contributed by atoms with E-state index in [1.807, 2.05) is 6.92 Å². The molecule has 33 heavy (non-hydrogen) atoms. The number of carbonyl (C=O) groups excluding carboxylic acids is 3. The van der Waals surface area contributed by atoms with Crippen molar-refractivity contribution in [1.29, 1.82) is 0 Å². The maximum atomic E-state index is 12.9. The lowest BCUT2D eigenvalue weighted by atomic mass is 9.70. The summed E-state index contributed by atoms with van der Waals surface area (Å²) in [6.45, 7) is 7.02. The minimum atomic E-state index is -0.737. The Balaban J connectivity index is 1.18. The molecule has 0 radical (unpaired) electrons. The molecule has 1 amide bonds. The molecular weight excluding hydrogens is 424 g/mol. The highest BCUT2D eigenvalue weighted by Gasteiger charge is 2.44. The summed E-state index contributed by atoms with van der Waals surface area (Å²) in [5.41, 5.74) is 4.20. The van der Waals surface area contributed by atoms with Crippen LogP contribution in [0.15, 0.2) is 34.3 Å². The van der Waals surface area contributed by atoms with Gasteiger partial charge in [0.2, 0.25) is 5.91 Å². The summed E-state index contributed by atoms with van der Waals surface area (Å²) in [4.78, 5) is 41.3. The number of likely N-dealkylation sites (tertiary alicyclic amines) is 2. The van der Waals surface area contributed by atoms with E-state index in [2.05, 4.69) is 4.90 Å². The quantitative estimate of drug-likeness (QED) is 0.643. The fourth-order valence-corrected chi connectivity index (χ4v) is 6.15. The van der Waals surface area contributed by atoms with Gasteiger partial charge in [-0.25, -0.2) is 4.79 Å². The number of cyclic esters (lactones) is 1. The summed E-state index contributed by atoms with van der Waals surface area (Å²) in [5, 5.41) is 11.0. The lowest BCUT2D eigenvalue weighted by Gasteiger charge is -2.47. The van der Waals surface area contributed by atoms with Crippen molar-refractivity contribution in [2.45, 2.75) is 52.1 Å². The largest absolute Gasteiger partial charge is 0.496 e. The molecular formula is C25H32N2O6. The Kier molecular flexibility index (Phi) is 5.69. The molecule has 178 valence electrons. The number of ether oxygens (including phenoxy) is 2. The van der Waals surface area contributed by atoms with Crippen LogP contribution in [0.3, 0.4) is 0 Å². The maximum absolute atomic E-state index is 12.9. The molecule has 5 rings (SSSR count). The molecule has 4 heterocycles. The fourth-order valence-electron chi connectivity index (χ4n) is 6.15. The first-order chi connectivity index (χ1) is 15.8. The van der Waals surface area contributed by atoms with Crippen LogP contribution in [0, 0.1) is 11.3 Å². The molecule has 0 bridgehead atoms. The molecule has 0 aromatic rings. The zero-order chi connectivity index (χ0) is 23.3. The zero-order valence-corrected chi connectivity index (χ0v) is 19.4. The summed E-state index contributed by atoms with van der Waals surface area (Å²) < 4.78 is 10.5. The third-order valence-electron chi connectivity index (χ3n) is 8.34. The molecule has 8 nitrogen and oxygen atoms in total. The van der Waals surface area contributed by atoms with Crippen molar-refractivity contribution >= 4 is 17.7 Å². The third kappa shape index (κ3) is 3.93.